The van der Waals surface area contributed by atoms with Gasteiger partial charge in [0.2, 0.25) is 0 Å². The maximum absolute atomic E-state index is 12.1. The zero-order valence-electron chi connectivity index (χ0n) is 17.3. The number of hydrazine groups is 1. The van der Waals surface area contributed by atoms with Crippen molar-refractivity contribution >= 4 is 23.4 Å². The number of para-hydroxylation sites is 1. The molecule has 0 fully saturated rings. The third kappa shape index (κ3) is 6.23. The first-order valence-corrected chi connectivity index (χ1v) is 10.1. The van der Waals surface area contributed by atoms with Crippen LogP contribution in [0.4, 0.5) is 0 Å². The molecule has 6 nitrogen and oxygen atoms in total. The minimum Gasteiger partial charge on any atom is -0.484 e. The zero-order chi connectivity index (χ0) is 22.2. The molecule has 0 atom stereocenters. The zero-order valence-corrected chi connectivity index (χ0v) is 18.0. The fourth-order valence-electron chi connectivity index (χ4n) is 2.94. The van der Waals surface area contributed by atoms with E-state index in [0.717, 1.165) is 22.3 Å². The van der Waals surface area contributed by atoms with Crippen LogP contribution >= 0.6 is 11.6 Å². The molecule has 0 heterocycles. The summed E-state index contributed by atoms with van der Waals surface area (Å²) in [6.07, 6.45) is 0. The number of nitrogens with one attached hydrogen (secondary N) is 2. The molecular weight excluding hydrogens is 416 g/mol. The molecule has 0 radical (unpaired) electrons. The summed E-state index contributed by atoms with van der Waals surface area (Å²) in [6, 6.07) is 20.7. The van der Waals surface area contributed by atoms with E-state index < -0.39 is 11.8 Å². The van der Waals surface area contributed by atoms with Gasteiger partial charge in [0, 0.05) is 10.6 Å². The van der Waals surface area contributed by atoms with Crippen LogP contribution < -0.4 is 20.3 Å². The number of rotatable bonds is 7. The Morgan fingerprint density at radius 3 is 2.00 bits per heavy atom. The van der Waals surface area contributed by atoms with Crippen LogP contribution in [0.15, 0.2) is 66.7 Å². The molecule has 31 heavy (non-hydrogen) atoms. The van der Waals surface area contributed by atoms with Crippen molar-refractivity contribution in [3.8, 4) is 22.6 Å². The van der Waals surface area contributed by atoms with Crippen LogP contribution in [0, 0.1) is 13.8 Å². The Balaban J connectivity index is 1.46. The monoisotopic (exact) mass is 438 g/mol. The van der Waals surface area contributed by atoms with Gasteiger partial charge in [-0.2, -0.15) is 0 Å². The van der Waals surface area contributed by atoms with Gasteiger partial charge in [-0.1, -0.05) is 60.1 Å². The number of hydrogen-bond donors (Lipinski definition) is 2. The first-order chi connectivity index (χ1) is 14.9. The van der Waals surface area contributed by atoms with Gasteiger partial charge < -0.3 is 9.47 Å². The summed E-state index contributed by atoms with van der Waals surface area (Å²) in [4.78, 5) is 24.0. The highest BCUT2D eigenvalue weighted by atomic mass is 35.5. The van der Waals surface area contributed by atoms with Crippen molar-refractivity contribution in [1.29, 1.82) is 0 Å². The number of halogens is 1. The van der Waals surface area contributed by atoms with Crippen LogP contribution in [0.2, 0.25) is 5.02 Å². The molecule has 0 unspecified atom stereocenters. The van der Waals surface area contributed by atoms with Gasteiger partial charge in [0.25, 0.3) is 11.8 Å². The summed E-state index contributed by atoms with van der Waals surface area (Å²) in [5.74, 6) is 0.117. The summed E-state index contributed by atoms with van der Waals surface area (Å²) in [6.45, 7) is 3.22. The Kier molecular flexibility index (Phi) is 7.51. The van der Waals surface area contributed by atoms with Gasteiger partial charge in [-0.05, 0) is 48.7 Å². The second-order valence-electron chi connectivity index (χ2n) is 6.91. The van der Waals surface area contributed by atoms with Crippen LogP contribution in [0.25, 0.3) is 11.1 Å². The van der Waals surface area contributed by atoms with E-state index in [0.29, 0.717) is 16.5 Å². The molecule has 0 saturated carbocycles. The molecule has 0 bridgehead atoms. The summed E-state index contributed by atoms with van der Waals surface area (Å²) >= 11 is 6.12. The van der Waals surface area contributed by atoms with Gasteiger partial charge in [0.05, 0.1) is 0 Å². The third-order valence-electron chi connectivity index (χ3n) is 4.45. The standard InChI is InChI=1S/C24H23ClN2O4/c1-16-12-19(13-17(2)24(16)25)30-14-22(28)26-27-23(29)15-31-21-11-7-6-10-20(21)18-8-4-3-5-9-18/h3-13H,14-15H2,1-2H3,(H,26,28)(H,27,29). The molecule has 3 aromatic rings. The molecule has 0 spiro atoms. The first kappa shape index (κ1) is 22.2. The second-order valence-corrected chi connectivity index (χ2v) is 7.28. The van der Waals surface area contributed by atoms with E-state index in [9.17, 15) is 9.59 Å². The minimum absolute atomic E-state index is 0.249. The average Bonchev–Trinajstić information content (AvgIpc) is 2.79. The number of aryl methyl sites for hydroxylation is 2. The average molecular weight is 439 g/mol. The summed E-state index contributed by atoms with van der Waals surface area (Å²) in [7, 11) is 0. The van der Waals surface area contributed by atoms with Crippen molar-refractivity contribution in [2.24, 2.45) is 0 Å². The lowest BCUT2D eigenvalue weighted by atomic mass is 10.1. The van der Waals surface area contributed by atoms with E-state index in [1.807, 2.05) is 62.4 Å². The quantitative estimate of drug-likeness (QED) is 0.541. The number of ether oxygens (including phenoxy) is 2. The lowest BCUT2D eigenvalue weighted by Gasteiger charge is -2.13. The predicted molar refractivity (Wildman–Crippen MR) is 120 cm³/mol. The Morgan fingerprint density at radius 2 is 1.35 bits per heavy atom. The third-order valence-corrected chi connectivity index (χ3v) is 5.05. The number of hydrogen-bond acceptors (Lipinski definition) is 4. The van der Waals surface area contributed by atoms with Gasteiger partial charge >= 0.3 is 0 Å². The van der Waals surface area contributed by atoms with Gasteiger partial charge in [-0.25, -0.2) is 0 Å². The van der Waals surface area contributed by atoms with Crippen molar-refractivity contribution in [2.75, 3.05) is 13.2 Å². The molecular formula is C24H23ClN2O4. The normalized spacial score (nSPS) is 10.3. The van der Waals surface area contributed by atoms with Crippen molar-refractivity contribution in [1.82, 2.24) is 10.9 Å². The van der Waals surface area contributed by atoms with Gasteiger partial charge in [-0.15, -0.1) is 0 Å². The Bertz CT molecular complexity index is 1050. The number of carbonyl (C=O) groups is 2. The van der Waals surface area contributed by atoms with Gasteiger partial charge in [0.15, 0.2) is 13.2 Å². The summed E-state index contributed by atoms with van der Waals surface area (Å²) in [5.41, 5.74) is 8.20. The number of carbonyl (C=O) groups excluding carboxylic acids is 2. The largest absolute Gasteiger partial charge is 0.484 e. The molecule has 160 valence electrons. The van der Waals surface area contributed by atoms with Crippen LogP contribution in [-0.2, 0) is 9.59 Å². The molecule has 0 aliphatic carbocycles. The highest BCUT2D eigenvalue weighted by Gasteiger charge is 2.10. The van der Waals surface area contributed by atoms with E-state index in [4.69, 9.17) is 21.1 Å². The fraction of sp³-hybridized carbons (Fsp3) is 0.167. The molecule has 3 aromatic carbocycles. The van der Waals surface area contributed by atoms with Crippen molar-refractivity contribution in [2.45, 2.75) is 13.8 Å². The fourth-order valence-corrected chi connectivity index (χ4v) is 3.05. The van der Waals surface area contributed by atoms with Gasteiger partial charge in [-0.3, -0.25) is 20.4 Å². The molecule has 0 aliphatic rings. The van der Waals surface area contributed by atoms with E-state index in [1.54, 1.807) is 18.2 Å². The van der Waals surface area contributed by atoms with Gasteiger partial charge in [0.1, 0.15) is 11.5 Å². The highest BCUT2D eigenvalue weighted by molar-refractivity contribution is 6.32. The number of benzene rings is 3. The smallest absolute Gasteiger partial charge is 0.276 e. The lowest BCUT2D eigenvalue weighted by molar-refractivity contribution is -0.131. The molecule has 0 aliphatic heterocycles. The minimum atomic E-state index is -0.497. The predicted octanol–water partition coefficient (Wildman–Crippen LogP) is 4.23. The molecule has 0 aromatic heterocycles. The lowest BCUT2D eigenvalue weighted by Crippen LogP contribution is -2.45. The SMILES string of the molecule is Cc1cc(OCC(=O)NNC(=O)COc2ccccc2-c2ccccc2)cc(C)c1Cl. The van der Waals surface area contributed by atoms with Crippen molar-refractivity contribution < 1.29 is 19.1 Å². The van der Waals surface area contributed by atoms with E-state index in [1.165, 1.54) is 0 Å². The van der Waals surface area contributed by atoms with E-state index in [-0.39, 0.29) is 13.2 Å². The van der Waals surface area contributed by atoms with Crippen molar-refractivity contribution in [3.05, 3.63) is 82.9 Å². The Hall–Kier alpha value is -3.51. The maximum Gasteiger partial charge on any atom is 0.276 e. The van der Waals surface area contributed by atoms with Crippen LogP contribution in [-0.4, -0.2) is 25.0 Å². The molecule has 2 amide bonds. The van der Waals surface area contributed by atoms with E-state index >= 15 is 0 Å². The molecule has 3 rings (SSSR count). The van der Waals surface area contributed by atoms with Crippen LogP contribution in [0.3, 0.4) is 0 Å². The number of amides is 2. The molecule has 7 heteroatoms. The Morgan fingerprint density at radius 1 is 0.806 bits per heavy atom. The van der Waals surface area contributed by atoms with Crippen LogP contribution in [0.5, 0.6) is 11.5 Å². The Labute approximate surface area is 186 Å². The summed E-state index contributed by atoms with van der Waals surface area (Å²) < 4.78 is 11.1. The highest BCUT2D eigenvalue weighted by Crippen LogP contribution is 2.29. The topological polar surface area (TPSA) is 76.7 Å². The van der Waals surface area contributed by atoms with Crippen LogP contribution in [0.1, 0.15) is 11.1 Å². The molecule has 0 saturated heterocycles. The maximum atomic E-state index is 12.1. The van der Waals surface area contributed by atoms with Crippen molar-refractivity contribution in [3.63, 3.8) is 0 Å². The molecule has 2 N–H and O–H groups in total. The van der Waals surface area contributed by atoms with E-state index in [2.05, 4.69) is 10.9 Å². The summed E-state index contributed by atoms with van der Waals surface area (Å²) in [5, 5.41) is 0.665. The second kappa shape index (κ2) is 10.5. The first-order valence-electron chi connectivity index (χ1n) is 9.68.